The van der Waals surface area contributed by atoms with Crippen molar-refractivity contribution in [2.45, 2.75) is 20.3 Å². The fraction of sp³-hybridized carbons (Fsp3) is 0.143. The molecule has 3 aromatic rings. The third kappa shape index (κ3) is 4.44. The molecule has 2 N–H and O–H groups in total. The Hall–Kier alpha value is -3.14. The molecule has 25 heavy (non-hydrogen) atoms. The lowest BCUT2D eigenvalue weighted by molar-refractivity contribution is -0.115. The van der Waals surface area contributed by atoms with Crippen molar-refractivity contribution in [3.8, 4) is 0 Å². The van der Waals surface area contributed by atoms with Gasteiger partial charge in [-0.15, -0.1) is 0 Å². The molecule has 0 saturated heterocycles. The molecule has 0 aliphatic rings. The summed E-state index contributed by atoms with van der Waals surface area (Å²) in [7, 11) is 0. The van der Waals surface area contributed by atoms with Crippen LogP contribution in [0.1, 0.15) is 16.7 Å². The molecule has 4 heteroatoms. The maximum atomic E-state index is 12.1. The van der Waals surface area contributed by atoms with Gasteiger partial charge in [-0.05, 0) is 48.7 Å². The molecule has 0 aliphatic carbocycles. The summed E-state index contributed by atoms with van der Waals surface area (Å²) < 4.78 is 0. The first kappa shape index (κ1) is 16.7. The largest absolute Gasteiger partial charge is 0.354 e. The second-order valence-electron chi connectivity index (χ2n) is 6.02. The number of carbonyl (C=O) groups excluding carboxylic acids is 1. The maximum Gasteiger partial charge on any atom is 0.229 e. The minimum absolute atomic E-state index is 0.0751. The number of aryl methyl sites for hydroxylation is 1. The number of nitrogens with one attached hydrogen (secondary N) is 2. The first-order valence-corrected chi connectivity index (χ1v) is 8.25. The Kier molecular flexibility index (Phi) is 5.09. The van der Waals surface area contributed by atoms with Crippen LogP contribution in [0.4, 0.5) is 17.2 Å². The van der Waals surface area contributed by atoms with Crippen LogP contribution in [-0.2, 0) is 11.2 Å². The number of nitrogens with zero attached hydrogens (tertiary/aromatic N) is 1. The van der Waals surface area contributed by atoms with E-state index in [2.05, 4.69) is 35.5 Å². The van der Waals surface area contributed by atoms with E-state index >= 15 is 0 Å². The van der Waals surface area contributed by atoms with E-state index in [0.717, 1.165) is 16.9 Å². The zero-order chi connectivity index (χ0) is 17.6. The quantitative estimate of drug-likeness (QED) is 0.717. The standard InChI is InChI=1S/C21H21N3O/c1-15-7-6-10-19(16(15)2)23-18-11-12-20(22-14-18)24-21(25)13-17-8-4-3-5-9-17/h3-12,14,23H,13H2,1-2H3,(H,22,24,25). The lowest BCUT2D eigenvalue weighted by atomic mass is 10.1. The highest BCUT2D eigenvalue weighted by Crippen LogP contribution is 2.22. The molecule has 1 aromatic heterocycles. The molecular formula is C21H21N3O. The lowest BCUT2D eigenvalue weighted by Gasteiger charge is -2.12. The average Bonchev–Trinajstić information content (AvgIpc) is 2.61. The molecule has 0 aliphatic heterocycles. The summed E-state index contributed by atoms with van der Waals surface area (Å²) in [5.74, 6) is 0.474. The molecule has 0 radical (unpaired) electrons. The number of anilines is 3. The molecule has 4 nitrogen and oxygen atoms in total. The Balaban J connectivity index is 1.62. The number of rotatable bonds is 5. The van der Waals surface area contributed by atoms with Gasteiger partial charge in [0.1, 0.15) is 5.82 Å². The predicted molar refractivity (Wildman–Crippen MR) is 102 cm³/mol. The minimum Gasteiger partial charge on any atom is -0.354 e. The molecule has 0 bridgehead atoms. The molecule has 0 unspecified atom stereocenters. The van der Waals surface area contributed by atoms with E-state index in [4.69, 9.17) is 0 Å². The van der Waals surface area contributed by atoms with Crippen LogP contribution in [0.15, 0.2) is 66.9 Å². The average molecular weight is 331 g/mol. The zero-order valence-corrected chi connectivity index (χ0v) is 14.4. The SMILES string of the molecule is Cc1cccc(Nc2ccc(NC(=O)Cc3ccccc3)nc2)c1C. The van der Waals surface area contributed by atoms with Crippen LogP contribution in [-0.4, -0.2) is 10.9 Å². The van der Waals surface area contributed by atoms with Gasteiger partial charge in [0.2, 0.25) is 5.91 Å². The van der Waals surface area contributed by atoms with E-state index in [1.807, 2.05) is 48.5 Å². The van der Waals surface area contributed by atoms with E-state index in [1.54, 1.807) is 12.3 Å². The molecule has 0 atom stereocenters. The summed E-state index contributed by atoms with van der Waals surface area (Å²) in [5, 5.41) is 6.18. The Bertz CT molecular complexity index is 858. The van der Waals surface area contributed by atoms with Crippen LogP contribution in [0.5, 0.6) is 0 Å². The summed E-state index contributed by atoms with van der Waals surface area (Å²) in [6.45, 7) is 4.17. The van der Waals surface area contributed by atoms with Gasteiger partial charge in [0.05, 0.1) is 18.3 Å². The van der Waals surface area contributed by atoms with Gasteiger partial charge < -0.3 is 10.6 Å². The fourth-order valence-electron chi connectivity index (χ4n) is 2.55. The number of hydrogen-bond donors (Lipinski definition) is 2. The second-order valence-corrected chi connectivity index (χ2v) is 6.02. The molecule has 126 valence electrons. The number of aromatic nitrogens is 1. The number of carbonyl (C=O) groups is 1. The van der Waals surface area contributed by atoms with Gasteiger partial charge in [0.25, 0.3) is 0 Å². The van der Waals surface area contributed by atoms with Gasteiger partial charge in [-0.25, -0.2) is 4.98 Å². The Morgan fingerprint density at radius 2 is 1.76 bits per heavy atom. The van der Waals surface area contributed by atoms with Gasteiger partial charge in [-0.2, -0.15) is 0 Å². The summed E-state index contributed by atoms with van der Waals surface area (Å²) in [5.41, 5.74) is 5.37. The van der Waals surface area contributed by atoms with Crippen LogP contribution in [0, 0.1) is 13.8 Å². The number of pyridine rings is 1. The minimum atomic E-state index is -0.0751. The fourth-order valence-corrected chi connectivity index (χ4v) is 2.55. The Morgan fingerprint density at radius 1 is 0.960 bits per heavy atom. The van der Waals surface area contributed by atoms with E-state index in [-0.39, 0.29) is 5.91 Å². The van der Waals surface area contributed by atoms with Crippen molar-refractivity contribution >= 4 is 23.1 Å². The van der Waals surface area contributed by atoms with Crippen molar-refractivity contribution in [1.29, 1.82) is 0 Å². The van der Waals surface area contributed by atoms with E-state index in [0.29, 0.717) is 12.2 Å². The van der Waals surface area contributed by atoms with Crippen molar-refractivity contribution in [3.63, 3.8) is 0 Å². The zero-order valence-electron chi connectivity index (χ0n) is 14.4. The smallest absolute Gasteiger partial charge is 0.229 e. The van der Waals surface area contributed by atoms with Gasteiger partial charge in [0.15, 0.2) is 0 Å². The van der Waals surface area contributed by atoms with Crippen LogP contribution in [0.2, 0.25) is 0 Å². The third-order valence-corrected chi connectivity index (χ3v) is 4.12. The number of benzene rings is 2. The number of amides is 1. The normalized spacial score (nSPS) is 10.3. The Labute approximate surface area is 147 Å². The summed E-state index contributed by atoms with van der Waals surface area (Å²) >= 11 is 0. The van der Waals surface area contributed by atoms with Crippen LogP contribution in [0.3, 0.4) is 0 Å². The van der Waals surface area contributed by atoms with E-state index in [9.17, 15) is 4.79 Å². The highest BCUT2D eigenvalue weighted by atomic mass is 16.1. The molecule has 3 rings (SSSR count). The van der Waals surface area contributed by atoms with Crippen LogP contribution in [0.25, 0.3) is 0 Å². The third-order valence-electron chi connectivity index (χ3n) is 4.12. The van der Waals surface area contributed by atoms with Gasteiger partial charge in [-0.3, -0.25) is 4.79 Å². The highest BCUT2D eigenvalue weighted by molar-refractivity contribution is 5.91. The Morgan fingerprint density at radius 3 is 2.48 bits per heavy atom. The van der Waals surface area contributed by atoms with Gasteiger partial charge in [-0.1, -0.05) is 42.5 Å². The molecule has 0 spiro atoms. The van der Waals surface area contributed by atoms with Crippen molar-refractivity contribution < 1.29 is 4.79 Å². The first-order chi connectivity index (χ1) is 12.1. The monoisotopic (exact) mass is 331 g/mol. The summed E-state index contributed by atoms with van der Waals surface area (Å²) in [4.78, 5) is 16.4. The first-order valence-electron chi connectivity index (χ1n) is 8.25. The summed E-state index contributed by atoms with van der Waals surface area (Å²) in [6.07, 6.45) is 2.06. The number of hydrogen-bond acceptors (Lipinski definition) is 3. The highest BCUT2D eigenvalue weighted by Gasteiger charge is 2.06. The van der Waals surface area contributed by atoms with Gasteiger partial charge in [0, 0.05) is 5.69 Å². The topological polar surface area (TPSA) is 54.0 Å². The van der Waals surface area contributed by atoms with E-state index < -0.39 is 0 Å². The van der Waals surface area contributed by atoms with Crippen molar-refractivity contribution in [3.05, 3.63) is 83.6 Å². The van der Waals surface area contributed by atoms with Crippen molar-refractivity contribution in [2.75, 3.05) is 10.6 Å². The molecule has 1 amide bonds. The van der Waals surface area contributed by atoms with Crippen LogP contribution >= 0.6 is 0 Å². The summed E-state index contributed by atoms with van der Waals surface area (Å²) in [6, 6.07) is 19.5. The van der Waals surface area contributed by atoms with Crippen molar-refractivity contribution in [2.24, 2.45) is 0 Å². The molecule has 0 saturated carbocycles. The maximum absolute atomic E-state index is 12.1. The van der Waals surface area contributed by atoms with Crippen molar-refractivity contribution in [1.82, 2.24) is 4.98 Å². The van der Waals surface area contributed by atoms with E-state index in [1.165, 1.54) is 11.1 Å². The molecule has 2 aromatic carbocycles. The van der Waals surface area contributed by atoms with Crippen LogP contribution < -0.4 is 10.6 Å². The molecule has 1 heterocycles. The van der Waals surface area contributed by atoms with Gasteiger partial charge >= 0.3 is 0 Å². The molecular weight excluding hydrogens is 310 g/mol. The second kappa shape index (κ2) is 7.62. The predicted octanol–water partition coefficient (Wildman–Crippen LogP) is 4.62. The molecule has 0 fully saturated rings. The lowest BCUT2D eigenvalue weighted by Crippen LogP contribution is -2.15.